The van der Waals surface area contributed by atoms with Crippen LogP contribution in [0.2, 0.25) is 0 Å². The minimum atomic E-state index is -0.936. The number of non-ortho nitro benzene ring substituents is 1. The Labute approximate surface area is 78.3 Å². The Balaban J connectivity index is 3.01. The van der Waals surface area contributed by atoms with E-state index in [-0.39, 0.29) is 5.75 Å². The number of esters is 1. The summed E-state index contributed by atoms with van der Waals surface area (Å²) in [5, 5.41) is 10.2. The minimum absolute atomic E-state index is 0.317. The fourth-order valence-electron chi connectivity index (χ4n) is 0.841. The van der Waals surface area contributed by atoms with Crippen LogP contribution in [0.5, 0.6) is 5.75 Å². The summed E-state index contributed by atoms with van der Waals surface area (Å²) in [6.07, 6.45) is 0. The van der Waals surface area contributed by atoms with Gasteiger partial charge in [0, 0.05) is 13.0 Å². The molecule has 0 atom stereocenters. The van der Waals surface area contributed by atoms with Crippen LogP contribution in [0, 0.1) is 15.9 Å². The van der Waals surface area contributed by atoms with Crippen molar-refractivity contribution in [1.29, 1.82) is 0 Å². The van der Waals surface area contributed by atoms with E-state index in [1.807, 2.05) is 0 Å². The lowest BCUT2D eigenvalue weighted by atomic mass is 10.3. The average Bonchev–Trinajstić information content (AvgIpc) is 2.07. The summed E-state index contributed by atoms with van der Waals surface area (Å²) in [6.45, 7) is 1.11. The zero-order valence-electron chi connectivity index (χ0n) is 7.19. The Hall–Kier alpha value is -1.98. The van der Waals surface area contributed by atoms with E-state index in [1.54, 1.807) is 0 Å². The fourth-order valence-corrected chi connectivity index (χ4v) is 0.841. The van der Waals surface area contributed by atoms with Gasteiger partial charge in [0.2, 0.25) is 0 Å². The van der Waals surface area contributed by atoms with Gasteiger partial charge < -0.3 is 4.74 Å². The van der Waals surface area contributed by atoms with Gasteiger partial charge in [-0.05, 0) is 6.07 Å². The number of carbonyl (C=O) groups excluding carboxylic acids is 1. The van der Waals surface area contributed by atoms with Gasteiger partial charge in [-0.25, -0.2) is 4.39 Å². The molecule has 0 bridgehead atoms. The lowest BCUT2D eigenvalue weighted by Gasteiger charge is -2.01. The summed E-state index contributed by atoms with van der Waals surface area (Å²) in [6, 6.07) is 2.79. The van der Waals surface area contributed by atoms with Gasteiger partial charge in [-0.3, -0.25) is 14.9 Å². The molecule has 0 aliphatic carbocycles. The zero-order chi connectivity index (χ0) is 10.7. The molecule has 1 rings (SSSR count). The van der Waals surface area contributed by atoms with E-state index in [0.29, 0.717) is 6.07 Å². The fraction of sp³-hybridized carbons (Fsp3) is 0.125. The van der Waals surface area contributed by atoms with Gasteiger partial charge in [-0.2, -0.15) is 0 Å². The number of benzene rings is 1. The Bertz CT molecular complexity index is 391. The predicted octanol–water partition coefficient (Wildman–Crippen LogP) is 1.66. The number of carbonyl (C=O) groups is 1. The highest BCUT2D eigenvalue weighted by Gasteiger charge is 2.12. The molecule has 0 heterocycles. The summed E-state index contributed by atoms with van der Waals surface area (Å²) in [4.78, 5) is 19.9. The van der Waals surface area contributed by atoms with E-state index in [0.717, 1.165) is 19.1 Å². The summed E-state index contributed by atoms with van der Waals surface area (Å²) in [7, 11) is 0. The monoisotopic (exact) mass is 199 g/mol. The molecule has 0 amide bonds. The van der Waals surface area contributed by atoms with Crippen molar-refractivity contribution in [1.82, 2.24) is 0 Å². The number of hydrogen-bond acceptors (Lipinski definition) is 4. The molecule has 0 fully saturated rings. The second kappa shape index (κ2) is 3.82. The van der Waals surface area contributed by atoms with Gasteiger partial charge in [0.1, 0.15) is 0 Å². The van der Waals surface area contributed by atoms with E-state index in [4.69, 9.17) is 0 Å². The minimum Gasteiger partial charge on any atom is -0.424 e. The normalized spacial score (nSPS) is 9.57. The molecule has 0 radical (unpaired) electrons. The zero-order valence-corrected chi connectivity index (χ0v) is 7.19. The van der Waals surface area contributed by atoms with Crippen LogP contribution < -0.4 is 4.74 Å². The first-order chi connectivity index (χ1) is 6.50. The first-order valence-corrected chi connectivity index (χ1v) is 3.63. The van der Waals surface area contributed by atoms with E-state index in [1.165, 1.54) is 0 Å². The van der Waals surface area contributed by atoms with Crippen LogP contribution in [0.1, 0.15) is 6.92 Å². The second-order valence-electron chi connectivity index (χ2n) is 2.47. The van der Waals surface area contributed by atoms with Gasteiger partial charge in [-0.15, -0.1) is 0 Å². The van der Waals surface area contributed by atoms with Crippen LogP contribution in [0.15, 0.2) is 18.2 Å². The summed E-state index contributed by atoms with van der Waals surface area (Å²) in [5.41, 5.74) is -0.390. The third kappa shape index (κ3) is 2.25. The maximum absolute atomic E-state index is 13.0. The molecule has 5 nitrogen and oxygen atoms in total. The number of nitro benzene ring substituents is 1. The molecule has 6 heteroatoms. The molecule has 0 N–H and O–H groups in total. The van der Waals surface area contributed by atoms with Crippen molar-refractivity contribution >= 4 is 11.7 Å². The molecule has 74 valence electrons. The predicted molar refractivity (Wildman–Crippen MR) is 44.4 cm³/mol. The second-order valence-corrected chi connectivity index (χ2v) is 2.47. The molecule has 0 saturated carbocycles. The average molecular weight is 199 g/mol. The SMILES string of the molecule is CC(=O)Oc1ccc([N+](=O)[O-])cc1F. The number of rotatable bonds is 2. The maximum atomic E-state index is 13.0. The largest absolute Gasteiger partial charge is 0.424 e. The van der Waals surface area contributed by atoms with Crippen molar-refractivity contribution < 1.29 is 18.8 Å². The van der Waals surface area contributed by atoms with Crippen LogP contribution in [0.4, 0.5) is 10.1 Å². The van der Waals surface area contributed by atoms with Crippen molar-refractivity contribution in [2.45, 2.75) is 6.92 Å². The first kappa shape index (κ1) is 10.1. The molecule has 0 aromatic heterocycles. The quantitative estimate of drug-likeness (QED) is 0.314. The number of nitro groups is 1. The van der Waals surface area contributed by atoms with Gasteiger partial charge >= 0.3 is 5.97 Å². The van der Waals surface area contributed by atoms with Crippen LogP contribution >= 0.6 is 0 Å². The molecule has 0 saturated heterocycles. The van der Waals surface area contributed by atoms with E-state index in [9.17, 15) is 19.3 Å². The Morgan fingerprint density at radius 2 is 2.21 bits per heavy atom. The highest BCUT2D eigenvalue weighted by Crippen LogP contribution is 2.22. The van der Waals surface area contributed by atoms with E-state index >= 15 is 0 Å². The number of ether oxygens (including phenoxy) is 1. The van der Waals surface area contributed by atoms with Crippen LogP contribution in [-0.2, 0) is 4.79 Å². The molecule has 0 spiro atoms. The smallest absolute Gasteiger partial charge is 0.308 e. The molecular weight excluding hydrogens is 193 g/mol. The summed E-state index contributed by atoms with van der Waals surface area (Å²) >= 11 is 0. The van der Waals surface area contributed by atoms with Gasteiger partial charge in [-0.1, -0.05) is 0 Å². The number of nitrogens with zero attached hydrogens (tertiary/aromatic N) is 1. The first-order valence-electron chi connectivity index (χ1n) is 3.63. The molecule has 14 heavy (non-hydrogen) atoms. The molecule has 1 aromatic rings. The maximum Gasteiger partial charge on any atom is 0.308 e. The highest BCUT2D eigenvalue weighted by molar-refractivity contribution is 5.69. The summed E-state index contributed by atoms with van der Waals surface area (Å²) < 4.78 is 17.4. The van der Waals surface area contributed by atoms with Crippen molar-refractivity contribution in [2.24, 2.45) is 0 Å². The van der Waals surface area contributed by atoms with Crippen molar-refractivity contribution in [3.05, 3.63) is 34.1 Å². The number of hydrogen-bond donors (Lipinski definition) is 0. The van der Waals surface area contributed by atoms with Crippen LogP contribution in [0.25, 0.3) is 0 Å². The standard InChI is InChI=1S/C8H6FNO4/c1-5(11)14-8-3-2-6(10(12)13)4-7(8)9/h2-4H,1H3. The van der Waals surface area contributed by atoms with Crippen molar-refractivity contribution in [3.8, 4) is 5.75 Å². The lowest BCUT2D eigenvalue weighted by molar-refractivity contribution is -0.385. The van der Waals surface area contributed by atoms with Crippen LogP contribution in [0.3, 0.4) is 0 Å². The molecular formula is C8H6FNO4. The Kier molecular flexibility index (Phi) is 2.76. The van der Waals surface area contributed by atoms with Crippen LogP contribution in [-0.4, -0.2) is 10.9 Å². The molecule has 0 aliphatic heterocycles. The third-order valence-corrected chi connectivity index (χ3v) is 1.38. The van der Waals surface area contributed by atoms with Gasteiger partial charge in [0.25, 0.3) is 5.69 Å². The lowest BCUT2D eigenvalue weighted by Crippen LogP contribution is -2.03. The van der Waals surface area contributed by atoms with Gasteiger partial charge in [0.05, 0.1) is 11.0 Å². The third-order valence-electron chi connectivity index (χ3n) is 1.38. The van der Waals surface area contributed by atoms with Gasteiger partial charge in [0.15, 0.2) is 11.6 Å². The summed E-state index contributed by atoms with van der Waals surface area (Å²) in [5.74, 6) is -1.93. The van der Waals surface area contributed by atoms with Crippen molar-refractivity contribution in [2.75, 3.05) is 0 Å². The Morgan fingerprint density at radius 1 is 1.57 bits per heavy atom. The van der Waals surface area contributed by atoms with E-state index in [2.05, 4.69) is 4.74 Å². The molecule has 0 aliphatic rings. The Morgan fingerprint density at radius 3 is 2.64 bits per heavy atom. The van der Waals surface area contributed by atoms with Crippen molar-refractivity contribution in [3.63, 3.8) is 0 Å². The number of halogens is 1. The molecule has 0 unspecified atom stereocenters. The van der Waals surface area contributed by atoms with E-state index < -0.39 is 22.4 Å². The molecule has 1 aromatic carbocycles. The highest BCUT2D eigenvalue weighted by atomic mass is 19.1. The topological polar surface area (TPSA) is 69.4 Å².